The van der Waals surface area contributed by atoms with Crippen LogP contribution in [-0.2, 0) is 0 Å². The van der Waals surface area contributed by atoms with Crippen molar-refractivity contribution in [1.82, 2.24) is 15.9 Å². The summed E-state index contributed by atoms with van der Waals surface area (Å²) in [5.41, 5.74) is 4.80. The number of hydrogen-bond donors (Lipinski definition) is 3. The van der Waals surface area contributed by atoms with Gasteiger partial charge in [0.25, 0.3) is 0 Å². The second kappa shape index (κ2) is 1.36. The summed E-state index contributed by atoms with van der Waals surface area (Å²) in [7, 11) is 0. The number of hydrazine groups is 2. The molecule has 0 bridgehead atoms. The first-order valence-corrected chi connectivity index (χ1v) is 1.86. The van der Waals surface area contributed by atoms with Gasteiger partial charge in [0, 0.05) is 0 Å². The van der Waals surface area contributed by atoms with Crippen molar-refractivity contribution in [2.45, 2.75) is 0 Å². The fourth-order valence-corrected chi connectivity index (χ4v) is 0.344. The standard InChI is InChI=1S/C2H6N4O/c3-6-1-4-5-2(6)7/h4H,1,3H2,(H,5,7). The van der Waals surface area contributed by atoms with Crippen LogP contribution in [0.15, 0.2) is 0 Å². The summed E-state index contributed by atoms with van der Waals surface area (Å²) in [6.07, 6.45) is 0. The van der Waals surface area contributed by atoms with Gasteiger partial charge in [-0.25, -0.2) is 21.1 Å². The molecule has 5 heteroatoms. The lowest BCUT2D eigenvalue weighted by atomic mass is 11.0. The van der Waals surface area contributed by atoms with E-state index in [-0.39, 0.29) is 6.03 Å². The molecule has 4 N–H and O–H groups in total. The first-order chi connectivity index (χ1) is 3.30. The van der Waals surface area contributed by atoms with Gasteiger partial charge in [0.05, 0.1) is 0 Å². The monoisotopic (exact) mass is 102 g/mol. The number of rotatable bonds is 0. The lowest BCUT2D eigenvalue weighted by Gasteiger charge is -1.99. The highest BCUT2D eigenvalue weighted by Crippen LogP contribution is 1.79. The summed E-state index contributed by atoms with van der Waals surface area (Å²) in [6.45, 7) is 0.374. The van der Waals surface area contributed by atoms with Crippen LogP contribution in [0.5, 0.6) is 0 Å². The molecule has 0 saturated carbocycles. The summed E-state index contributed by atoms with van der Waals surface area (Å²) >= 11 is 0. The van der Waals surface area contributed by atoms with Crippen LogP contribution < -0.4 is 16.7 Å². The van der Waals surface area contributed by atoms with E-state index in [4.69, 9.17) is 5.84 Å². The molecule has 0 aromatic rings. The van der Waals surface area contributed by atoms with Crippen LogP contribution in [0.1, 0.15) is 0 Å². The third kappa shape index (κ3) is 0.625. The molecular formula is C2H6N4O. The second-order valence-electron chi connectivity index (χ2n) is 1.23. The van der Waals surface area contributed by atoms with Crippen LogP contribution in [0.3, 0.4) is 0 Å². The van der Waals surface area contributed by atoms with Gasteiger partial charge in [0.15, 0.2) is 0 Å². The smallest absolute Gasteiger partial charge is 0.270 e. The molecule has 1 saturated heterocycles. The van der Waals surface area contributed by atoms with Crippen molar-refractivity contribution in [3.8, 4) is 0 Å². The first-order valence-electron chi connectivity index (χ1n) is 1.86. The molecule has 1 aliphatic heterocycles. The molecule has 0 aromatic heterocycles. The molecular weight excluding hydrogens is 96.0 g/mol. The Morgan fingerprint density at radius 1 is 1.86 bits per heavy atom. The molecule has 0 aliphatic carbocycles. The highest BCUT2D eigenvalue weighted by molar-refractivity contribution is 5.74. The zero-order chi connectivity index (χ0) is 5.28. The van der Waals surface area contributed by atoms with E-state index in [9.17, 15) is 4.79 Å². The minimum Gasteiger partial charge on any atom is -0.270 e. The van der Waals surface area contributed by atoms with Crippen LogP contribution in [0, 0.1) is 0 Å². The number of carbonyl (C=O) groups excluding carboxylic acids is 1. The van der Waals surface area contributed by atoms with Crippen LogP contribution >= 0.6 is 0 Å². The zero-order valence-corrected chi connectivity index (χ0v) is 3.64. The number of urea groups is 1. The number of amides is 2. The van der Waals surface area contributed by atoms with Gasteiger partial charge in [-0.1, -0.05) is 0 Å². The van der Waals surface area contributed by atoms with Gasteiger partial charge < -0.3 is 0 Å². The molecule has 2 amide bonds. The van der Waals surface area contributed by atoms with E-state index >= 15 is 0 Å². The summed E-state index contributed by atoms with van der Waals surface area (Å²) in [5, 5.41) is 1.04. The van der Waals surface area contributed by atoms with Crippen LogP contribution in [0.2, 0.25) is 0 Å². The number of nitrogens with zero attached hydrogens (tertiary/aromatic N) is 1. The fourth-order valence-electron chi connectivity index (χ4n) is 0.344. The molecule has 0 radical (unpaired) electrons. The first kappa shape index (κ1) is 4.35. The minimum atomic E-state index is -0.292. The van der Waals surface area contributed by atoms with E-state index in [2.05, 4.69) is 10.9 Å². The van der Waals surface area contributed by atoms with Gasteiger partial charge >= 0.3 is 6.03 Å². The Balaban J connectivity index is 2.48. The van der Waals surface area contributed by atoms with Crippen molar-refractivity contribution in [3.63, 3.8) is 0 Å². The molecule has 0 spiro atoms. The molecule has 5 nitrogen and oxygen atoms in total. The van der Waals surface area contributed by atoms with Crippen molar-refractivity contribution in [3.05, 3.63) is 0 Å². The van der Waals surface area contributed by atoms with Crippen molar-refractivity contribution in [2.24, 2.45) is 5.84 Å². The number of nitrogens with two attached hydrogens (primary N) is 1. The van der Waals surface area contributed by atoms with Crippen LogP contribution in [0.4, 0.5) is 4.79 Å². The number of carbonyl (C=O) groups is 1. The fraction of sp³-hybridized carbons (Fsp3) is 0.500. The molecule has 0 atom stereocenters. The van der Waals surface area contributed by atoms with E-state index in [0.717, 1.165) is 5.01 Å². The molecule has 1 aliphatic rings. The van der Waals surface area contributed by atoms with Crippen molar-refractivity contribution < 1.29 is 4.79 Å². The third-order valence-electron chi connectivity index (χ3n) is 0.706. The Labute approximate surface area is 40.4 Å². The van der Waals surface area contributed by atoms with E-state index < -0.39 is 0 Å². The Morgan fingerprint density at radius 3 is 2.71 bits per heavy atom. The van der Waals surface area contributed by atoms with Crippen molar-refractivity contribution in [2.75, 3.05) is 6.67 Å². The maximum Gasteiger partial charge on any atom is 0.347 e. The Kier molecular flexibility index (Phi) is 0.844. The van der Waals surface area contributed by atoms with Gasteiger partial charge in [-0.15, -0.1) is 0 Å². The van der Waals surface area contributed by atoms with Crippen LogP contribution in [-0.4, -0.2) is 17.7 Å². The molecule has 7 heavy (non-hydrogen) atoms. The average Bonchev–Trinajstić information content (AvgIpc) is 1.91. The van der Waals surface area contributed by atoms with Crippen LogP contribution in [0.25, 0.3) is 0 Å². The maximum absolute atomic E-state index is 10.2. The lowest BCUT2D eigenvalue weighted by Crippen LogP contribution is -2.34. The molecule has 40 valence electrons. The zero-order valence-electron chi connectivity index (χ0n) is 3.64. The van der Waals surface area contributed by atoms with Gasteiger partial charge in [0.2, 0.25) is 0 Å². The second-order valence-corrected chi connectivity index (χ2v) is 1.23. The molecule has 0 unspecified atom stereocenters. The molecule has 1 fully saturated rings. The summed E-state index contributed by atoms with van der Waals surface area (Å²) in [5.74, 6) is 5.04. The Hall–Kier alpha value is -0.810. The molecule has 1 heterocycles. The molecule has 0 aromatic carbocycles. The molecule has 1 rings (SSSR count). The highest BCUT2D eigenvalue weighted by atomic mass is 16.2. The predicted molar refractivity (Wildman–Crippen MR) is 22.6 cm³/mol. The lowest BCUT2D eigenvalue weighted by molar-refractivity contribution is 0.218. The third-order valence-corrected chi connectivity index (χ3v) is 0.706. The average molecular weight is 102 g/mol. The maximum atomic E-state index is 10.2. The van der Waals surface area contributed by atoms with Crippen molar-refractivity contribution >= 4 is 6.03 Å². The largest absolute Gasteiger partial charge is 0.347 e. The summed E-state index contributed by atoms with van der Waals surface area (Å²) in [4.78, 5) is 10.2. The Morgan fingerprint density at radius 2 is 2.57 bits per heavy atom. The Bertz CT molecular complexity index is 91.7. The van der Waals surface area contributed by atoms with Gasteiger partial charge in [-0.2, -0.15) is 0 Å². The summed E-state index contributed by atoms with van der Waals surface area (Å²) < 4.78 is 0. The highest BCUT2D eigenvalue weighted by Gasteiger charge is 2.13. The normalized spacial score (nSPS) is 20.1. The van der Waals surface area contributed by atoms with Gasteiger partial charge in [0.1, 0.15) is 6.67 Å². The van der Waals surface area contributed by atoms with E-state index in [1.165, 1.54) is 0 Å². The van der Waals surface area contributed by atoms with E-state index in [1.807, 2.05) is 0 Å². The summed E-state index contributed by atoms with van der Waals surface area (Å²) in [6, 6.07) is -0.292. The number of hydrogen-bond acceptors (Lipinski definition) is 3. The minimum absolute atomic E-state index is 0.292. The topological polar surface area (TPSA) is 70.4 Å². The quantitative estimate of drug-likeness (QED) is 0.253. The van der Waals surface area contributed by atoms with Crippen molar-refractivity contribution in [1.29, 1.82) is 0 Å². The van der Waals surface area contributed by atoms with Gasteiger partial charge in [-0.3, -0.25) is 5.43 Å². The van der Waals surface area contributed by atoms with Gasteiger partial charge in [-0.05, 0) is 0 Å². The number of nitrogens with one attached hydrogen (secondary N) is 2. The van der Waals surface area contributed by atoms with E-state index in [1.54, 1.807) is 0 Å². The SMILES string of the molecule is NN1CNNC1=O. The predicted octanol–water partition coefficient (Wildman–Crippen LogP) is -1.65. The van der Waals surface area contributed by atoms with E-state index in [0.29, 0.717) is 6.67 Å².